The van der Waals surface area contributed by atoms with Crippen molar-refractivity contribution in [2.24, 2.45) is 5.41 Å². The molecule has 0 spiro atoms. The van der Waals surface area contributed by atoms with Crippen LogP contribution in [-0.4, -0.2) is 22.8 Å². The fraction of sp³-hybridized carbons (Fsp3) is 0.909. The first-order valence-corrected chi connectivity index (χ1v) is 5.35. The molecule has 3 nitrogen and oxygen atoms in total. The van der Waals surface area contributed by atoms with Crippen LogP contribution in [0.15, 0.2) is 0 Å². The zero-order chi connectivity index (χ0) is 10.4. The standard InChI is InChI=1S/C11H18O3/c1-10(2)4-3-8(14-10)7-11(5-6-11)9(12)13/h8H,3-7H2,1-2H3,(H,12,13). The Balaban J connectivity index is 1.91. The molecule has 3 heteroatoms. The largest absolute Gasteiger partial charge is 0.481 e. The number of hydrogen-bond acceptors (Lipinski definition) is 2. The maximum Gasteiger partial charge on any atom is 0.309 e. The van der Waals surface area contributed by atoms with Crippen LogP contribution in [0.3, 0.4) is 0 Å². The van der Waals surface area contributed by atoms with Gasteiger partial charge in [0.05, 0.1) is 17.1 Å². The Labute approximate surface area is 84.4 Å². The zero-order valence-electron chi connectivity index (χ0n) is 8.88. The quantitative estimate of drug-likeness (QED) is 0.756. The number of ether oxygens (including phenoxy) is 1. The minimum absolute atomic E-state index is 0.0424. The van der Waals surface area contributed by atoms with Crippen LogP contribution in [0.5, 0.6) is 0 Å². The van der Waals surface area contributed by atoms with Crippen molar-refractivity contribution in [2.75, 3.05) is 0 Å². The Kier molecular flexibility index (Phi) is 2.11. The summed E-state index contributed by atoms with van der Waals surface area (Å²) in [5.74, 6) is -0.634. The average Bonchev–Trinajstić information content (AvgIpc) is 2.74. The lowest BCUT2D eigenvalue weighted by atomic mass is 9.96. The van der Waals surface area contributed by atoms with E-state index in [1.54, 1.807) is 0 Å². The smallest absolute Gasteiger partial charge is 0.309 e. The molecule has 1 saturated heterocycles. The van der Waals surface area contributed by atoms with E-state index in [-0.39, 0.29) is 11.7 Å². The van der Waals surface area contributed by atoms with Gasteiger partial charge in [0.25, 0.3) is 0 Å². The Morgan fingerprint density at radius 2 is 2.07 bits per heavy atom. The van der Waals surface area contributed by atoms with E-state index in [9.17, 15) is 4.79 Å². The first kappa shape index (κ1) is 9.97. The predicted molar refractivity (Wildman–Crippen MR) is 52.1 cm³/mol. The van der Waals surface area contributed by atoms with E-state index in [1.807, 2.05) is 0 Å². The number of carboxylic acid groups (broad SMARTS) is 1. The van der Waals surface area contributed by atoms with E-state index >= 15 is 0 Å². The molecule has 0 radical (unpaired) electrons. The molecule has 2 aliphatic rings. The molecule has 1 aliphatic heterocycles. The second-order valence-corrected chi connectivity index (χ2v) is 5.33. The summed E-state index contributed by atoms with van der Waals surface area (Å²) in [5, 5.41) is 9.04. The van der Waals surface area contributed by atoms with E-state index in [4.69, 9.17) is 9.84 Å². The lowest BCUT2D eigenvalue weighted by molar-refractivity contribution is -0.145. The SMILES string of the molecule is CC1(C)CCC(CC2(C(=O)O)CC2)O1. The van der Waals surface area contributed by atoms with Crippen LogP contribution < -0.4 is 0 Å². The van der Waals surface area contributed by atoms with Gasteiger partial charge >= 0.3 is 5.97 Å². The summed E-state index contributed by atoms with van der Waals surface area (Å²) in [4.78, 5) is 11.0. The highest BCUT2D eigenvalue weighted by Gasteiger charge is 2.52. The second-order valence-electron chi connectivity index (χ2n) is 5.33. The summed E-state index contributed by atoms with van der Waals surface area (Å²) >= 11 is 0. The highest BCUT2D eigenvalue weighted by atomic mass is 16.5. The van der Waals surface area contributed by atoms with Gasteiger partial charge in [-0.1, -0.05) is 0 Å². The fourth-order valence-corrected chi connectivity index (χ4v) is 2.31. The van der Waals surface area contributed by atoms with Crippen molar-refractivity contribution in [3.8, 4) is 0 Å². The van der Waals surface area contributed by atoms with Crippen LogP contribution in [0.25, 0.3) is 0 Å². The molecule has 1 atom stereocenters. The van der Waals surface area contributed by atoms with Gasteiger partial charge in [0.15, 0.2) is 0 Å². The van der Waals surface area contributed by atoms with Gasteiger partial charge in [0.1, 0.15) is 0 Å². The van der Waals surface area contributed by atoms with Crippen LogP contribution in [0.1, 0.15) is 46.0 Å². The molecule has 1 aliphatic carbocycles. The number of carboxylic acids is 1. The topological polar surface area (TPSA) is 46.5 Å². The molecule has 2 rings (SSSR count). The Morgan fingerprint density at radius 3 is 2.43 bits per heavy atom. The summed E-state index contributed by atoms with van der Waals surface area (Å²) in [6.45, 7) is 4.15. The van der Waals surface area contributed by atoms with Crippen molar-refractivity contribution in [1.82, 2.24) is 0 Å². The van der Waals surface area contributed by atoms with E-state index in [0.717, 1.165) is 25.7 Å². The number of carbonyl (C=O) groups is 1. The monoisotopic (exact) mass is 198 g/mol. The highest BCUT2D eigenvalue weighted by Crippen LogP contribution is 2.52. The van der Waals surface area contributed by atoms with Gasteiger partial charge in [0.2, 0.25) is 0 Å². The molecule has 1 N–H and O–H groups in total. The van der Waals surface area contributed by atoms with Gasteiger partial charge in [-0.3, -0.25) is 4.79 Å². The highest BCUT2D eigenvalue weighted by molar-refractivity contribution is 5.77. The molecule has 2 fully saturated rings. The van der Waals surface area contributed by atoms with Gasteiger partial charge < -0.3 is 9.84 Å². The lowest BCUT2D eigenvalue weighted by Gasteiger charge is -2.21. The Bertz CT molecular complexity index is 253. The van der Waals surface area contributed by atoms with Crippen molar-refractivity contribution in [2.45, 2.75) is 57.7 Å². The molecule has 0 aromatic carbocycles. The van der Waals surface area contributed by atoms with Crippen molar-refractivity contribution in [3.05, 3.63) is 0 Å². The first-order chi connectivity index (χ1) is 6.44. The second kappa shape index (κ2) is 2.96. The average molecular weight is 198 g/mol. The van der Waals surface area contributed by atoms with Crippen LogP contribution in [0.2, 0.25) is 0 Å². The minimum Gasteiger partial charge on any atom is -0.481 e. The third-order valence-electron chi connectivity index (χ3n) is 3.48. The van der Waals surface area contributed by atoms with Crippen LogP contribution in [0, 0.1) is 5.41 Å². The van der Waals surface area contributed by atoms with Crippen molar-refractivity contribution >= 4 is 5.97 Å². The summed E-state index contributed by atoms with van der Waals surface area (Å²) in [6, 6.07) is 0. The van der Waals surface area contributed by atoms with Gasteiger partial charge in [-0.15, -0.1) is 0 Å². The fourth-order valence-electron chi connectivity index (χ4n) is 2.31. The van der Waals surface area contributed by atoms with E-state index in [2.05, 4.69) is 13.8 Å². The third kappa shape index (κ3) is 1.78. The van der Waals surface area contributed by atoms with E-state index < -0.39 is 11.4 Å². The molecule has 0 aromatic rings. The normalized spacial score (nSPS) is 32.9. The predicted octanol–water partition coefficient (Wildman–Crippen LogP) is 2.20. The van der Waals surface area contributed by atoms with Crippen molar-refractivity contribution in [3.63, 3.8) is 0 Å². The zero-order valence-corrected chi connectivity index (χ0v) is 8.88. The summed E-state index contributed by atoms with van der Waals surface area (Å²) in [6.07, 6.45) is 4.62. The number of rotatable bonds is 3. The minimum atomic E-state index is -0.634. The van der Waals surface area contributed by atoms with E-state index in [0.29, 0.717) is 6.42 Å². The third-order valence-corrected chi connectivity index (χ3v) is 3.48. The first-order valence-electron chi connectivity index (χ1n) is 5.35. The molecule has 80 valence electrons. The maximum atomic E-state index is 11.0. The molecular weight excluding hydrogens is 180 g/mol. The Hall–Kier alpha value is -0.570. The summed E-state index contributed by atoms with van der Waals surface area (Å²) in [5.41, 5.74) is -0.468. The molecule has 1 saturated carbocycles. The molecule has 0 aromatic heterocycles. The molecule has 0 amide bonds. The maximum absolute atomic E-state index is 11.0. The summed E-state index contributed by atoms with van der Waals surface area (Å²) in [7, 11) is 0. The Morgan fingerprint density at radius 1 is 1.43 bits per heavy atom. The molecule has 0 bridgehead atoms. The van der Waals surface area contributed by atoms with Gasteiger partial charge in [-0.2, -0.15) is 0 Å². The summed E-state index contributed by atoms with van der Waals surface area (Å²) < 4.78 is 5.81. The molecule has 1 unspecified atom stereocenters. The van der Waals surface area contributed by atoms with Crippen LogP contribution in [-0.2, 0) is 9.53 Å². The van der Waals surface area contributed by atoms with Crippen LogP contribution in [0.4, 0.5) is 0 Å². The number of aliphatic carboxylic acids is 1. The number of hydrogen-bond donors (Lipinski definition) is 1. The van der Waals surface area contributed by atoms with E-state index in [1.165, 1.54) is 0 Å². The van der Waals surface area contributed by atoms with Gasteiger partial charge in [0, 0.05) is 0 Å². The van der Waals surface area contributed by atoms with Crippen molar-refractivity contribution < 1.29 is 14.6 Å². The van der Waals surface area contributed by atoms with Gasteiger partial charge in [-0.25, -0.2) is 0 Å². The molecule has 14 heavy (non-hydrogen) atoms. The van der Waals surface area contributed by atoms with Crippen molar-refractivity contribution in [1.29, 1.82) is 0 Å². The lowest BCUT2D eigenvalue weighted by Crippen LogP contribution is -2.25. The molecular formula is C11H18O3. The van der Waals surface area contributed by atoms with Gasteiger partial charge in [-0.05, 0) is 46.0 Å². The van der Waals surface area contributed by atoms with Crippen LogP contribution >= 0.6 is 0 Å². The molecule has 1 heterocycles.